The molecule has 0 saturated heterocycles. The molecule has 0 N–H and O–H groups in total. The number of ether oxygens (including phenoxy) is 1. The van der Waals surface area contributed by atoms with Crippen molar-refractivity contribution in [2.75, 3.05) is 4.90 Å². The Kier molecular flexibility index (Phi) is 4.29. The highest BCUT2D eigenvalue weighted by Crippen LogP contribution is 2.28. The average Bonchev–Trinajstić information content (AvgIpc) is 3.22. The van der Waals surface area contributed by atoms with Crippen LogP contribution in [0.15, 0.2) is 53.9 Å². The van der Waals surface area contributed by atoms with E-state index in [1.807, 2.05) is 12.3 Å². The van der Waals surface area contributed by atoms with Crippen LogP contribution >= 0.6 is 11.3 Å². The molecule has 0 atom stereocenters. The summed E-state index contributed by atoms with van der Waals surface area (Å²) in [6, 6.07) is 12.9. The Morgan fingerprint density at radius 3 is 2.22 bits per heavy atom. The van der Waals surface area contributed by atoms with Crippen molar-refractivity contribution in [1.29, 1.82) is 0 Å². The topological polar surface area (TPSA) is 76.6 Å². The van der Waals surface area contributed by atoms with Crippen LogP contribution < -0.4 is 4.90 Å². The molecule has 1 aliphatic heterocycles. The lowest BCUT2D eigenvalue weighted by atomic mass is 10.1. The third-order valence-electron chi connectivity index (χ3n) is 4.17. The normalized spacial score (nSPS) is 13.0. The minimum absolute atomic E-state index is 0.101. The number of anilines is 1. The smallest absolute Gasteiger partial charge is 0.338 e. The van der Waals surface area contributed by atoms with E-state index in [1.165, 1.54) is 23.5 Å². The van der Waals surface area contributed by atoms with Crippen LogP contribution in [0.25, 0.3) is 0 Å². The lowest BCUT2D eigenvalue weighted by molar-refractivity contribution is 0.0468. The molecule has 7 heteroatoms. The van der Waals surface area contributed by atoms with E-state index in [2.05, 4.69) is 4.98 Å². The fraction of sp³-hybridized carbons (Fsp3) is 0.100. The summed E-state index contributed by atoms with van der Waals surface area (Å²) in [5.41, 5.74) is 2.21. The number of amides is 2. The minimum atomic E-state index is -0.491. The number of hydrogen-bond acceptors (Lipinski definition) is 6. The summed E-state index contributed by atoms with van der Waals surface area (Å²) in [5.74, 6) is -1.23. The maximum atomic E-state index is 12.5. The molecule has 0 saturated carbocycles. The zero-order valence-corrected chi connectivity index (χ0v) is 15.2. The van der Waals surface area contributed by atoms with Crippen molar-refractivity contribution in [3.63, 3.8) is 0 Å². The predicted molar refractivity (Wildman–Crippen MR) is 100.0 cm³/mol. The van der Waals surface area contributed by atoms with Gasteiger partial charge in [-0.3, -0.25) is 9.59 Å². The van der Waals surface area contributed by atoms with Crippen LogP contribution in [0.2, 0.25) is 0 Å². The van der Waals surface area contributed by atoms with Gasteiger partial charge in [0.25, 0.3) is 11.8 Å². The van der Waals surface area contributed by atoms with E-state index in [1.54, 1.807) is 36.4 Å². The van der Waals surface area contributed by atoms with Crippen molar-refractivity contribution in [2.45, 2.75) is 13.5 Å². The molecular formula is C20H14N2O4S. The Balaban J connectivity index is 1.49. The first-order valence-electron chi connectivity index (χ1n) is 8.20. The molecule has 0 unspecified atom stereocenters. The molecule has 2 amide bonds. The Morgan fingerprint density at radius 2 is 1.67 bits per heavy atom. The average molecular weight is 378 g/mol. The number of nitrogens with zero attached hydrogens (tertiary/aromatic N) is 2. The molecule has 0 radical (unpaired) electrons. The van der Waals surface area contributed by atoms with Crippen molar-refractivity contribution in [3.8, 4) is 0 Å². The van der Waals surface area contributed by atoms with Crippen molar-refractivity contribution in [2.24, 2.45) is 0 Å². The van der Waals surface area contributed by atoms with Gasteiger partial charge in [-0.05, 0) is 43.3 Å². The van der Waals surface area contributed by atoms with E-state index in [0.29, 0.717) is 28.1 Å². The molecule has 1 aliphatic rings. The van der Waals surface area contributed by atoms with Crippen molar-refractivity contribution >= 4 is 34.8 Å². The number of benzene rings is 2. The maximum absolute atomic E-state index is 12.5. The van der Waals surface area contributed by atoms with Gasteiger partial charge in [0.2, 0.25) is 0 Å². The second-order valence-electron chi connectivity index (χ2n) is 5.97. The van der Waals surface area contributed by atoms with E-state index in [-0.39, 0.29) is 18.4 Å². The fourth-order valence-corrected chi connectivity index (χ4v) is 3.46. The molecule has 3 aromatic rings. The molecule has 27 heavy (non-hydrogen) atoms. The highest BCUT2D eigenvalue weighted by molar-refractivity contribution is 7.09. The number of hydrogen-bond donors (Lipinski definition) is 0. The van der Waals surface area contributed by atoms with E-state index in [4.69, 9.17) is 4.74 Å². The van der Waals surface area contributed by atoms with Crippen LogP contribution in [-0.4, -0.2) is 22.8 Å². The second kappa shape index (κ2) is 6.77. The van der Waals surface area contributed by atoms with Gasteiger partial charge in [-0.15, -0.1) is 11.3 Å². The highest BCUT2D eigenvalue weighted by Gasteiger charge is 2.36. The van der Waals surface area contributed by atoms with Gasteiger partial charge in [0, 0.05) is 5.38 Å². The molecule has 134 valence electrons. The first kappa shape index (κ1) is 17.1. The SMILES string of the molecule is Cc1nc(COC(=O)c2ccc(N3C(=O)c4ccccc4C3=O)cc2)cs1. The number of fused-ring (bicyclic) bond motifs is 1. The highest BCUT2D eigenvalue weighted by atomic mass is 32.1. The molecule has 2 heterocycles. The van der Waals surface area contributed by atoms with Crippen LogP contribution in [0.5, 0.6) is 0 Å². The Hall–Kier alpha value is -3.32. The zero-order valence-electron chi connectivity index (χ0n) is 14.3. The van der Waals surface area contributed by atoms with Crippen molar-refractivity contribution in [3.05, 3.63) is 81.3 Å². The second-order valence-corrected chi connectivity index (χ2v) is 7.03. The third-order valence-corrected chi connectivity index (χ3v) is 5.00. The summed E-state index contributed by atoms with van der Waals surface area (Å²) in [5, 5.41) is 2.75. The molecule has 4 rings (SSSR count). The number of thiazole rings is 1. The lowest BCUT2D eigenvalue weighted by Crippen LogP contribution is -2.29. The van der Waals surface area contributed by atoms with Gasteiger partial charge in [0.05, 0.1) is 33.1 Å². The molecule has 0 fully saturated rings. The van der Waals surface area contributed by atoms with Crippen LogP contribution in [-0.2, 0) is 11.3 Å². The van der Waals surface area contributed by atoms with Gasteiger partial charge < -0.3 is 4.74 Å². The quantitative estimate of drug-likeness (QED) is 0.512. The van der Waals surface area contributed by atoms with Crippen molar-refractivity contribution < 1.29 is 19.1 Å². The van der Waals surface area contributed by atoms with E-state index in [0.717, 1.165) is 9.91 Å². The minimum Gasteiger partial charge on any atom is -0.456 e. The predicted octanol–water partition coefficient (Wildman–Crippen LogP) is 3.61. The lowest BCUT2D eigenvalue weighted by Gasteiger charge is -2.14. The molecule has 2 aromatic carbocycles. The van der Waals surface area contributed by atoms with Gasteiger partial charge in [-0.25, -0.2) is 14.7 Å². The first-order valence-corrected chi connectivity index (χ1v) is 9.08. The zero-order chi connectivity index (χ0) is 19.0. The number of aryl methyl sites for hydroxylation is 1. The number of carbonyl (C=O) groups excluding carboxylic acids is 3. The van der Waals surface area contributed by atoms with Crippen LogP contribution in [0.4, 0.5) is 5.69 Å². The van der Waals surface area contributed by atoms with E-state index >= 15 is 0 Å². The number of aromatic nitrogens is 1. The number of imide groups is 1. The number of carbonyl (C=O) groups is 3. The Bertz CT molecular complexity index is 1020. The number of esters is 1. The fourth-order valence-electron chi connectivity index (χ4n) is 2.87. The monoisotopic (exact) mass is 378 g/mol. The third kappa shape index (κ3) is 3.13. The van der Waals surface area contributed by atoms with Crippen LogP contribution in [0.1, 0.15) is 41.8 Å². The molecule has 0 bridgehead atoms. The van der Waals surface area contributed by atoms with Gasteiger partial charge in [0.1, 0.15) is 6.61 Å². The van der Waals surface area contributed by atoms with Gasteiger partial charge in [0.15, 0.2) is 0 Å². The van der Waals surface area contributed by atoms with Crippen LogP contribution in [0.3, 0.4) is 0 Å². The van der Waals surface area contributed by atoms with E-state index < -0.39 is 5.97 Å². The van der Waals surface area contributed by atoms with Gasteiger partial charge in [-0.2, -0.15) is 0 Å². The largest absolute Gasteiger partial charge is 0.456 e. The molecule has 0 aliphatic carbocycles. The molecule has 1 aromatic heterocycles. The Morgan fingerprint density at radius 1 is 1.04 bits per heavy atom. The summed E-state index contributed by atoms with van der Waals surface area (Å²) in [6.45, 7) is 1.98. The number of rotatable bonds is 4. The first-order chi connectivity index (χ1) is 13.0. The van der Waals surface area contributed by atoms with E-state index in [9.17, 15) is 14.4 Å². The molecular weight excluding hydrogens is 364 g/mol. The Labute approximate surface area is 159 Å². The van der Waals surface area contributed by atoms with Crippen molar-refractivity contribution in [1.82, 2.24) is 4.98 Å². The summed E-state index contributed by atoms with van der Waals surface area (Å²) < 4.78 is 5.24. The summed E-state index contributed by atoms with van der Waals surface area (Å²) >= 11 is 1.49. The van der Waals surface area contributed by atoms with Gasteiger partial charge in [-0.1, -0.05) is 12.1 Å². The molecule has 0 spiro atoms. The summed E-state index contributed by atoms with van der Waals surface area (Å²) in [7, 11) is 0. The summed E-state index contributed by atoms with van der Waals surface area (Å²) in [4.78, 5) is 42.5. The van der Waals surface area contributed by atoms with Gasteiger partial charge >= 0.3 is 5.97 Å². The molecule has 6 nitrogen and oxygen atoms in total. The standard InChI is InChI=1S/C20H14N2O4S/c1-12-21-14(11-27-12)10-26-20(25)13-6-8-15(9-7-13)22-18(23)16-4-2-3-5-17(16)19(22)24/h2-9,11H,10H2,1H3. The summed E-state index contributed by atoms with van der Waals surface area (Å²) in [6.07, 6.45) is 0. The van der Waals surface area contributed by atoms with Crippen LogP contribution in [0, 0.1) is 6.92 Å². The maximum Gasteiger partial charge on any atom is 0.338 e.